The number of phenolic OH excluding ortho intramolecular Hbond substituents is 1. The van der Waals surface area contributed by atoms with Crippen molar-refractivity contribution in [3.8, 4) is 5.75 Å². The molecule has 1 aromatic carbocycles. The van der Waals surface area contributed by atoms with Crippen molar-refractivity contribution in [1.82, 2.24) is 4.98 Å². The van der Waals surface area contributed by atoms with E-state index in [0.29, 0.717) is 33.4 Å². The third kappa shape index (κ3) is 3.79. The number of ketones is 1. The number of thiazole rings is 1. The summed E-state index contributed by atoms with van der Waals surface area (Å²) < 4.78 is 0.698. The van der Waals surface area contributed by atoms with Crippen molar-refractivity contribution in [2.45, 2.75) is 58.3 Å². The highest BCUT2D eigenvalue weighted by molar-refractivity contribution is 9.10. The first-order valence-electron chi connectivity index (χ1n) is 11.9. The molecule has 0 saturated heterocycles. The molecule has 5 atom stereocenters. The van der Waals surface area contributed by atoms with E-state index < -0.39 is 5.41 Å². The van der Waals surface area contributed by atoms with Gasteiger partial charge in [0.1, 0.15) is 5.75 Å². The number of halogens is 1. The Balaban J connectivity index is 1.42. The number of aliphatic hydroxyl groups excluding tert-OH is 1. The highest BCUT2D eigenvalue weighted by atomic mass is 79.9. The van der Waals surface area contributed by atoms with Crippen LogP contribution in [0.25, 0.3) is 0 Å². The standard InChI is InChI=1S/C26H29BrN2O4S/c1-13-11-28-25(34-13)29-22(32)6-5-17-19(12-30)24(33)26(2)8-7-15-16(23(17)26)4-3-14-9-21(31)20(27)10-18(14)15/h9-12,15-17,23,30-31H,3-8H2,1-2H3,(H,28,29,32)/b19-12-/t15?,16?,17-,23?,26?/m1/s1. The number of aryl methyl sites for hydroxylation is 2. The Morgan fingerprint density at radius 3 is 2.88 bits per heavy atom. The number of aromatic hydroxyl groups is 1. The molecular weight excluding hydrogens is 516 g/mol. The van der Waals surface area contributed by atoms with Gasteiger partial charge in [-0.3, -0.25) is 9.59 Å². The zero-order chi connectivity index (χ0) is 24.2. The summed E-state index contributed by atoms with van der Waals surface area (Å²) in [5.74, 6) is 0.705. The van der Waals surface area contributed by atoms with Gasteiger partial charge in [0.15, 0.2) is 10.9 Å². The summed E-state index contributed by atoms with van der Waals surface area (Å²) in [6.07, 6.45) is 6.97. The molecule has 0 bridgehead atoms. The van der Waals surface area contributed by atoms with Gasteiger partial charge < -0.3 is 15.5 Å². The van der Waals surface area contributed by atoms with Crippen molar-refractivity contribution >= 4 is 44.1 Å². The minimum absolute atomic E-state index is 0.0390. The molecule has 1 amide bonds. The lowest BCUT2D eigenvalue weighted by atomic mass is 9.54. The van der Waals surface area contributed by atoms with E-state index in [2.05, 4.69) is 33.2 Å². The summed E-state index contributed by atoms with van der Waals surface area (Å²) in [5, 5.41) is 23.7. The second-order valence-electron chi connectivity index (χ2n) is 10.2. The average Bonchev–Trinajstić information content (AvgIpc) is 3.30. The molecule has 8 heteroatoms. The Labute approximate surface area is 211 Å². The van der Waals surface area contributed by atoms with Gasteiger partial charge in [-0.25, -0.2) is 4.98 Å². The predicted octanol–water partition coefficient (Wildman–Crippen LogP) is 6.04. The van der Waals surface area contributed by atoms with Crippen LogP contribution in [0, 0.1) is 30.1 Å². The van der Waals surface area contributed by atoms with Crippen LogP contribution in [0.4, 0.5) is 5.13 Å². The van der Waals surface area contributed by atoms with Gasteiger partial charge in [-0.1, -0.05) is 6.92 Å². The molecule has 3 N–H and O–H groups in total. The molecule has 5 rings (SSSR count). The molecular formula is C26H29BrN2O4S. The first-order valence-corrected chi connectivity index (χ1v) is 13.5. The van der Waals surface area contributed by atoms with Crippen LogP contribution in [0.15, 0.2) is 34.6 Å². The Morgan fingerprint density at radius 2 is 2.18 bits per heavy atom. The molecule has 4 unspecified atom stereocenters. The second-order valence-corrected chi connectivity index (χ2v) is 12.3. The largest absolute Gasteiger partial charge is 0.515 e. The van der Waals surface area contributed by atoms with Gasteiger partial charge in [0.25, 0.3) is 0 Å². The fraction of sp³-hybridized carbons (Fsp3) is 0.500. The third-order valence-electron chi connectivity index (χ3n) is 8.35. The van der Waals surface area contributed by atoms with Gasteiger partial charge in [0.2, 0.25) is 5.91 Å². The van der Waals surface area contributed by atoms with Crippen LogP contribution in [0.5, 0.6) is 5.75 Å². The Kier molecular flexibility index (Phi) is 6.09. The number of Topliss-reactive ketones (excluding diaryl/α,β-unsaturated/α-hetero) is 1. The monoisotopic (exact) mass is 544 g/mol. The first-order chi connectivity index (χ1) is 16.2. The van der Waals surface area contributed by atoms with Gasteiger partial charge in [0, 0.05) is 28.5 Å². The van der Waals surface area contributed by atoms with E-state index in [1.165, 1.54) is 22.5 Å². The van der Waals surface area contributed by atoms with Crippen molar-refractivity contribution in [3.63, 3.8) is 0 Å². The number of hydrogen-bond acceptors (Lipinski definition) is 6. The molecule has 0 spiro atoms. The van der Waals surface area contributed by atoms with Crippen LogP contribution in [0.3, 0.4) is 0 Å². The number of rotatable bonds is 4. The van der Waals surface area contributed by atoms with Gasteiger partial charge >= 0.3 is 0 Å². The minimum atomic E-state index is -0.519. The third-order valence-corrected chi connectivity index (χ3v) is 9.81. The lowest BCUT2D eigenvalue weighted by Gasteiger charge is -2.49. The highest BCUT2D eigenvalue weighted by Gasteiger charge is 2.60. The molecule has 1 heterocycles. The Bertz CT molecular complexity index is 1190. The molecule has 2 saturated carbocycles. The topological polar surface area (TPSA) is 99.5 Å². The number of carbonyl (C=O) groups excluding carboxylic acids is 2. The maximum Gasteiger partial charge on any atom is 0.226 e. The molecule has 2 fully saturated rings. The van der Waals surface area contributed by atoms with E-state index in [9.17, 15) is 19.8 Å². The van der Waals surface area contributed by atoms with Crippen LogP contribution >= 0.6 is 27.3 Å². The molecule has 34 heavy (non-hydrogen) atoms. The van der Waals surface area contributed by atoms with E-state index in [0.717, 1.165) is 36.8 Å². The number of phenols is 1. The molecule has 3 aliphatic carbocycles. The predicted molar refractivity (Wildman–Crippen MR) is 135 cm³/mol. The van der Waals surface area contributed by atoms with Gasteiger partial charge in [-0.2, -0.15) is 0 Å². The van der Waals surface area contributed by atoms with Crippen LogP contribution in [0.2, 0.25) is 0 Å². The van der Waals surface area contributed by atoms with E-state index in [1.807, 2.05) is 19.1 Å². The molecule has 180 valence electrons. The summed E-state index contributed by atoms with van der Waals surface area (Å²) in [6.45, 7) is 4.00. The molecule has 6 nitrogen and oxygen atoms in total. The maximum absolute atomic E-state index is 13.5. The van der Waals surface area contributed by atoms with Crippen molar-refractivity contribution in [1.29, 1.82) is 0 Å². The Hall–Kier alpha value is -2.19. The lowest BCUT2D eigenvalue weighted by molar-refractivity contribution is -0.127. The normalized spacial score (nSPS) is 31.1. The highest BCUT2D eigenvalue weighted by Crippen LogP contribution is 2.63. The zero-order valence-electron chi connectivity index (χ0n) is 19.3. The maximum atomic E-state index is 13.5. The SMILES string of the molecule is Cc1cnc(NC(=O)CC[C@@H]2/C(=C/O)C(=O)C3(C)CCC4c5cc(Br)c(O)cc5CCC4C23)s1. The Morgan fingerprint density at radius 1 is 1.38 bits per heavy atom. The zero-order valence-corrected chi connectivity index (χ0v) is 21.7. The second kappa shape index (κ2) is 8.79. The number of aliphatic hydroxyl groups is 1. The smallest absolute Gasteiger partial charge is 0.226 e. The summed E-state index contributed by atoms with van der Waals surface area (Å²) in [4.78, 5) is 31.4. The number of hydrogen-bond donors (Lipinski definition) is 3. The number of aromatic nitrogens is 1. The summed E-state index contributed by atoms with van der Waals surface area (Å²) in [7, 11) is 0. The van der Waals surface area contributed by atoms with Crippen molar-refractivity contribution in [2.24, 2.45) is 23.2 Å². The molecule has 2 aromatic rings. The molecule has 0 aliphatic heterocycles. The van der Waals surface area contributed by atoms with Gasteiger partial charge in [-0.15, -0.1) is 11.3 Å². The van der Waals surface area contributed by atoms with E-state index in [-0.39, 0.29) is 35.7 Å². The lowest BCUT2D eigenvalue weighted by Crippen LogP contribution is -2.44. The van der Waals surface area contributed by atoms with Crippen molar-refractivity contribution < 1.29 is 19.8 Å². The average molecular weight is 545 g/mol. The van der Waals surface area contributed by atoms with E-state index >= 15 is 0 Å². The fourth-order valence-corrected chi connectivity index (χ4v) is 7.94. The summed E-state index contributed by atoms with van der Waals surface area (Å²) in [5.41, 5.74) is 2.40. The number of nitrogens with zero attached hydrogens (tertiary/aromatic N) is 1. The number of amides is 1. The number of carbonyl (C=O) groups is 2. The molecule has 1 aromatic heterocycles. The number of allylic oxidation sites excluding steroid dienone is 1. The quantitative estimate of drug-likeness (QED) is 0.321. The van der Waals surface area contributed by atoms with Crippen LogP contribution < -0.4 is 5.32 Å². The van der Waals surface area contributed by atoms with E-state index in [1.54, 1.807) is 6.20 Å². The van der Waals surface area contributed by atoms with Crippen molar-refractivity contribution in [2.75, 3.05) is 5.32 Å². The molecule has 0 radical (unpaired) electrons. The van der Waals surface area contributed by atoms with Crippen LogP contribution in [-0.2, 0) is 16.0 Å². The summed E-state index contributed by atoms with van der Waals surface area (Å²) >= 11 is 4.91. The fourth-order valence-electron chi connectivity index (χ4n) is 6.90. The molecule has 3 aliphatic rings. The van der Waals surface area contributed by atoms with Crippen LogP contribution in [0.1, 0.15) is 60.9 Å². The van der Waals surface area contributed by atoms with Gasteiger partial charge in [-0.05, 0) is 102 Å². The number of nitrogens with one attached hydrogen (secondary N) is 1. The van der Waals surface area contributed by atoms with Crippen molar-refractivity contribution in [3.05, 3.63) is 50.6 Å². The number of benzene rings is 1. The van der Waals surface area contributed by atoms with Crippen LogP contribution in [-0.4, -0.2) is 26.9 Å². The number of fused-ring (bicyclic) bond motifs is 5. The first kappa shape index (κ1) is 23.5. The number of anilines is 1. The minimum Gasteiger partial charge on any atom is -0.515 e. The van der Waals surface area contributed by atoms with E-state index in [4.69, 9.17) is 0 Å². The van der Waals surface area contributed by atoms with Gasteiger partial charge in [0.05, 0.1) is 10.7 Å². The summed E-state index contributed by atoms with van der Waals surface area (Å²) in [6, 6.07) is 3.91.